The highest BCUT2D eigenvalue weighted by Crippen LogP contribution is 1.61. The number of aliphatic hydroxyl groups excluding tert-OH is 1. The lowest BCUT2D eigenvalue weighted by molar-refractivity contribution is -0.351. The molecule has 0 atom stereocenters. The van der Waals surface area contributed by atoms with Crippen molar-refractivity contribution in [2.24, 2.45) is 0 Å². The van der Waals surface area contributed by atoms with Crippen molar-refractivity contribution in [3.8, 4) is 0 Å². The zero-order valence-corrected chi connectivity index (χ0v) is 2.34. The summed E-state index contributed by atoms with van der Waals surface area (Å²) in [4.78, 5) is 0. The fourth-order valence-electron chi connectivity index (χ4n) is 0. The molecule has 3 heteroatoms. The van der Waals surface area contributed by atoms with Gasteiger partial charge in [-0.2, -0.15) is 0 Å². The third-order valence-electron chi connectivity index (χ3n) is 0.101. The summed E-state index contributed by atoms with van der Waals surface area (Å²) in [7, 11) is 0. The van der Waals surface area contributed by atoms with E-state index in [1.54, 1.807) is 0 Å². The first-order valence-corrected chi connectivity index (χ1v) is 0.952. The molecule has 0 bridgehead atoms. The third kappa shape index (κ3) is 3.14. The molecule has 0 unspecified atom stereocenters. The minimum absolute atomic E-state index is 0.167. The van der Waals surface area contributed by atoms with E-state index in [1.165, 1.54) is 0 Å². The van der Waals surface area contributed by atoms with Crippen LogP contribution in [0.2, 0.25) is 0 Å². The summed E-state index contributed by atoms with van der Waals surface area (Å²) >= 11 is 0. The van der Waals surface area contributed by atoms with Crippen molar-refractivity contribution in [2.75, 3.05) is 0 Å². The molecule has 0 spiro atoms. The van der Waals surface area contributed by atoms with Crippen LogP contribution in [0.5, 0.6) is 0 Å². The topological polar surface area (TPSA) is 63.2 Å². The zero-order chi connectivity index (χ0) is 4.28. The number of hydrogen-bond acceptors (Lipinski definition) is 2. The zero-order valence-electron chi connectivity index (χ0n) is 2.34. The SMILES string of the molecule is [O]/C=C(\[O-])O. The van der Waals surface area contributed by atoms with Crippen LogP contribution < -0.4 is 5.11 Å². The van der Waals surface area contributed by atoms with E-state index in [-0.39, 0.29) is 6.26 Å². The molecule has 0 rings (SSSR count). The number of aliphatic hydroxyl groups is 1. The molecule has 0 aromatic rings. The largest absolute Gasteiger partial charge is 0.627 e. The minimum atomic E-state index is -1.43. The van der Waals surface area contributed by atoms with Gasteiger partial charge < -0.3 is 10.2 Å². The van der Waals surface area contributed by atoms with Gasteiger partial charge in [0.15, 0.2) is 6.26 Å². The van der Waals surface area contributed by atoms with Crippen molar-refractivity contribution in [1.82, 2.24) is 0 Å². The van der Waals surface area contributed by atoms with Crippen LogP contribution in [0, 0.1) is 0 Å². The van der Waals surface area contributed by atoms with Crippen LogP contribution in [0.3, 0.4) is 0 Å². The van der Waals surface area contributed by atoms with Gasteiger partial charge in [0, 0.05) is 0 Å². The van der Waals surface area contributed by atoms with E-state index in [9.17, 15) is 0 Å². The number of hydrogen-bond donors (Lipinski definition) is 1. The monoisotopic (exact) mass is 74.0 g/mol. The van der Waals surface area contributed by atoms with Gasteiger partial charge in [0.1, 0.15) is 0 Å². The summed E-state index contributed by atoms with van der Waals surface area (Å²) in [5.74, 6) is -1.43. The summed E-state index contributed by atoms with van der Waals surface area (Å²) in [6, 6.07) is 0. The highest BCUT2D eigenvalue weighted by Gasteiger charge is 1.58. The van der Waals surface area contributed by atoms with Gasteiger partial charge in [0.25, 0.3) is 0 Å². The molecule has 0 aliphatic rings. The van der Waals surface area contributed by atoms with E-state index < -0.39 is 5.95 Å². The molecule has 0 fully saturated rings. The molecule has 0 amide bonds. The summed E-state index contributed by atoms with van der Waals surface area (Å²) < 4.78 is 0. The molecule has 0 aromatic heterocycles. The molecule has 5 heavy (non-hydrogen) atoms. The molecule has 29 valence electrons. The predicted octanol–water partition coefficient (Wildman–Crippen LogP) is -0.866. The van der Waals surface area contributed by atoms with Crippen LogP contribution in [0.1, 0.15) is 0 Å². The molecular weight excluding hydrogens is 72.0 g/mol. The summed E-state index contributed by atoms with van der Waals surface area (Å²) in [5, 5.41) is 25.3. The fraction of sp³-hybridized carbons (Fsp3) is 0. The van der Waals surface area contributed by atoms with E-state index in [1.807, 2.05) is 0 Å². The van der Waals surface area contributed by atoms with E-state index in [0.717, 1.165) is 0 Å². The first-order chi connectivity index (χ1) is 2.27. The standard InChI is InChI=1S/C2H3O3/c3-1-2(4)5/h1,4-5H/p-1. The fourth-order valence-corrected chi connectivity index (χ4v) is 0. The maximum absolute atomic E-state index is 9.00. The van der Waals surface area contributed by atoms with Gasteiger partial charge >= 0.3 is 0 Å². The van der Waals surface area contributed by atoms with Crippen molar-refractivity contribution in [1.29, 1.82) is 0 Å². The van der Waals surface area contributed by atoms with Crippen molar-refractivity contribution >= 4 is 0 Å². The Morgan fingerprint density at radius 3 is 2.20 bits per heavy atom. The van der Waals surface area contributed by atoms with Gasteiger partial charge in [-0.05, 0) is 0 Å². The average Bonchev–Trinajstić information content (AvgIpc) is 1.38. The van der Waals surface area contributed by atoms with Crippen LogP contribution in [-0.4, -0.2) is 5.11 Å². The second-order valence-corrected chi connectivity index (χ2v) is 0.456. The lowest BCUT2D eigenvalue weighted by atomic mass is 11.0. The third-order valence-corrected chi connectivity index (χ3v) is 0.101. The molecule has 0 aliphatic heterocycles. The maximum atomic E-state index is 9.00. The second kappa shape index (κ2) is 1.46. The maximum Gasteiger partial charge on any atom is 0.164 e. The van der Waals surface area contributed by atoms with E-state index in [4.69, 9.17) is 15.3 Å². The molecule has 0 aromatic carbocycles. The first kappa shape index (κ1) is 4.14. The average molecular weight is 74.0 g/mol. The molecule has 1 N–H and O–H groups in total. The van der Waals surface area contributed by atoms with Crippen molar-refractivity contribution < 1.29 is 15.3 Å². The molecule has 0 heterocycles. The quantitative estimate of drug-likeness (QED) is 0.380. The van der Waals surface area contributed by atoms with Gasteiger partial charge in [-0.3, -0.25) is 5.11 Å². The Balaban J connectivity index is 3.14. The van der Waals surface area contributed by atoms with Gasteiger partial charge in [-0.15, -0.1) is 0 Å². The van der Waals surface area contributed by atoms with E-state index >= 15 is 0 Å². The van der Waals surface area contributed by atoms with E-state index in [0.29, 0.717) is 0 Å². The van der Waals surface area contributed by atoms with Gasteiger partial charge in [0.05, 0.1) is 5.95 Å². The van der Waals surface area contributed by atoms with Crippen molar-refractivity contribution in [2.45, 2.75) is 0 Å². The van der Waals surface area contributed by atoms with Crippen LogP contribution in [0.15, 0.2) is 12.2 Å². The van der Waals surface area contributed by atoms with Crippen LogP contribution in [0.25, 0.3) is 0 Å². The Morgan fingerprint density at radius 2 is 2.20 bits per heavy atom. The van der Waals surface area contributed by atoms with Crippen molar-refractivity contribution in [3.63, 3.8) is 0 Å². The Labute approximate surface area is 28.8 Å². The molecule has 0 aliphatic carbocycles. The molecule has 1 radical (unpaired) electrons. The van der Waals surface area contributed by atoms with Crippen LogP contribution in [-0.2, 0) is 5.11 Å². The normalized spacial score (nSPS) is 11.6. The Bertz CT molecular complexity index is 42.9. The molecule has 3 nitrogen and oxygen atoms in total. The summed E-state index contributed by atoms with van der Waals surface area (Å²) in [6.45, 7) is 0. The lowest BCUT2D eigenvalue weighted by Gasteiger charge is -1.85. The Hall–Kier alpha value is -0.860. The van der Waals surface area contributed by atoms with E-state index in [2.05, 4.69) is 0 Å². The lowest BCUT2D eigenvalue weighted by Crippen LogP contribution is -1.99. The smallest absolute Gasteiger partial charge is 0.164 e. The minimum Gasteiger partial charge on any atom is -0.627 e. The highest BCUT2D eigenvalue weighted by molar-refractivity contribution is 4.60. The Kier molecular flexibility index (Phi) is 1.21. The van der Waals surface area contributed by atoms with Crippen LogP contribution >= 0.6 is 0 Å². The van der Waals surface area contributed by atoms with Gasteiger partial charge in [-0.1, -0.05) is 0 Å². The summed E-state index contributed by atoms with van der Waals surface area (Å²) in [5.41, 5.74) is 0. The second-order valence-electron chi connectivity index (χ2n) is 0.456. The molecule has 0 saturated carbocycles. The molecule has 0 saturated heterocycles. The van der Waals surface area contributed by atoms with Gasteiger partial charge in [-0.25, -0.2) is 0 Å². The highest BCUT2D eigenvalue weighted by atomic mass is 16.5. The van der Waals surface area contributed by atoms with Crippen LogP contribution in [0.4, 0.5) is 0 Å². The molecular formula is C2H2O3-. The first-order valence-electron chi connectivity index (χ1n) is 0.952. The van der Waals surface area contributed by atoms with Gasteiger partial charge in [0.2, 0.25) is 0 Å². The summed E-state index contributed by atoms with van der Waals surface area (Å²) in [6.07, 6.45) is -0.167. The predicted molar refractivity (Wildman–Crippen MR) is 11.4 cm³/mol. The van der Waals surface area contributed by atoms with Crippen molar-refractivity contribution in [3.05, 3.63) is 12.2 Å². The number of rotatable bonds is 0. The Morgan fingerprint density at radius 1 is 2.00 bits per heavy atom.